The molecule has 0 unspecified atom stereocenters. The third-order valence-corrected chi connectivity index (χ3v) is 6.13. The molecule has 0 spiro atoms. The molecule has 1 amide bonds. The van der Waals surface area contributed by atoms with E-state index in [0.717, 1.165) is 0 Å². The average molecular weight is 362 g/mol. The van der Waals surface area contributed by atoms with Gasteiger partial charge in [-0.1, -0.05) is 18.2 Å². The maximum absolute atomic E-state index is 13.0. The summed E-state index contributed by atoms with van der Waals surface area (Å²) in [4.78, 5) is 14.4. The van der Waals surface area contributed by atoms with Crippen molar-refractivity contribution in [3.05, 3.63) is 66.0 Å². The summed E-state index contributed by atoms with van der Waals surface area (Å²) in [6, 6.07) is 13.7. The van der Waals surface area contributed by atoms with E-state index in [1.165, 1.54) is 28.6 Å². The molecule has 25 heavy (non-hydrogen) atoms. The van der Waals surface area contributed by atoms with Crippen LogP contribution in [0.15, 0.2) is 59.5 Å². The molecule has 1 aliphatic rings. The second-order valence-corrected chi connectivity index (χ2v) is 7.81. The van der Waals surface area contributed by atoms with Crippen LogP contribution in [0.5, 0.6) is 0 Å². The van der Waals surface area contributed by atoms with Crippen LogP contribution in [0.2, 0.25) is 0 Å². The minimum absolute atomic E-state index is 0.209. The lowest BCUT2D eigenvalue weighted by atomic mass is 10.2. The maximum Gasteiger partial charge on any atom is 0.253 e. The summed E-state index contributed by atoms with van der Waals surface area (Å²) in [5.74, 6) is -0.605. The van der Waals surface area contributed by atoms with Crippen molar-refractivity contribution >= 4 is 15.9 Å². The molecule has 1 saturated heterocycles. The minimum Gasteiger partial charge on any atom is -0.337 e. The monoisotopic (exact) mass is 362 g/mol. The highest BCUT2D eigenvalue weighted by Crippen LogP contribution is 2.18. The summed E-state index contributed by atoms with van der Waals surface area (Å²) in [6.07, 6.45) is 0.555. The van der Waals surface area contributed by atoms with Crippen LogP contribution in [0.1, 0.15) is 16.8 Å². The van der Waals surface area contributed by atoms with Gasteiger partial charge in [-0.2, -0.15) is 4.31 Å². The molecule has 0 radical (unpaired) electrons. The molecule has 2 aromatic rings. The van der Waals surface area contributed by atoms with Gasteiger partial charge in [-0.05, 0) is 42.8 Å². The highest BCUT2D eigenvalue weighted by molar-refractivity contribution is 7.89. The van der Waals surface area contributed by atoms with Gasteiger partial charge in [0.2, 0.25) is 10.0 Å². The smallest absolute Gasteiger partial charge is 0.253 e. The molecule has 1 fully saturated rings. The van der Waals surface area contributed by atoms with E-state index in [9.17, 15) is 17.6 Å². The van der Waals surface area contributed by atoms with Crippen LogP contribution in [-0.2, 0) is 10.0 Å². The van der Waals surface area contributed by atoms with E-state index >= 15 is 0 Å². The van der Waals surface area contributed by atoms with E-state index in [-0.39, 0.29) is 17.3 Å². The molecule has 1 heterocycles. The van der Waals surface area contributed by atoms with E-state index < -0.39 is 15.8 Å². The second kappa shape index (κ2) is 7.33. The fourth-order valence-electron chi connectivity index (χ4n) is 2.85. The van der Waals surface area contributed by atoms with Crippen LogP contribution in [0.25, 0.3) is 0 Å². The van der Waals surface area contributed by atoms with Gasteiger partial charge < -0.3 is 4.90 Å². The van der Waals surface area contributed by atoms with Crippen LogP contribution >= 0.6 is 0 Å². The van der Waals surface area contributed by atoms with Crippen molar-refractivity contribution < 1.29 is 17.6 Å². The quantitative estimate of drug-likeness (QED) is 0.842. The first kappa shape index (κ1) is 17.6. The molecule has 0 N–H and O–H groups in total. The largest absolute Gasteiger partial charge is 0.337 e. The van der Waals surface area contributed by atoms with Crippen molar-refractivity contribution in [3.63, 3.8) is 0 Å². The third-order valence-electron chi connectivity index (χ3n) is 4.21. The summed E-state index contributed by atoms with van der Waals surface area (Å²) in [5, 5.41) is 0. The van der Waals surface area contributed by atoms with Crippen LogP contribution < -0.4 is 0 Å². The third kappa shape index (κ3) is 3.88. The van der Waals surface area contributed by atoms with Crippen LogP contribution in [-0.4, -0.2) is 49.7 Å². The first-order valence-electron chi connectivity index (χ1n) is 8.08. The Hall–Kier alpha value is -2.25. The first-order chi connectivity index (χ1) is 12.0. The molecule has 5 nitrogen and oxygen atoms in total. The maximum atomic E-state index is 13.0. The zero-order valence-electron chi connectivity index (χ0n) is 13.6. The van der Waals surface area contributed by atoms with Gasteiger partial charge >= 0.3 is 0 Å². The zero-order valence-corrected chi connectivity index (χ0v) is 14.5. The van der Waals surface area contributed by atoms with Crippen molar-refractivity contribution in [3.8, 4) is 0 Å². The number of benzene rings is 2. The predicted octanol–water partition coefficient (Wildman–Crippen LogP) is 2.36. The molecule has 0 atom stereocenters. The summed E-state index contributed by atoms with van der Waals surface area (Å²) in [6.45, 7) is 1.38. The van der Waals surface area contributed by atoms with Gasteiger partial charge in [0.1, 0.15) is 5.82 Å². The molecular formula is C18H19FN2O3S. The lowest BCUT2D eigenvalue weighted by Gasteiger charge is -2.22. The van der Waals surface area contributed by atoms with E-state index in [1.807, 2.05) is 0 Å². The number of halogens is 1. The van der Waals surface area contributed by atoms with Gasteiger partial charge in [0.05, 0.1) is 4.90 Å². The normalized spacial score (nSPS) is 16.4. The van der Waals surface area contributed by atoms with Crippen molar-refractivity contribution in [2.24, 2.45) is 0 Å². The molecule has 7 heteroatoms. The number of carbonyl (C=O) groups excluding carboxylic acids is 1. The lowest BCUT2D eigenvalue weighted by molar-refractivity contribution is 0.0764. The minimum atomic E-state index is -3.56. The molecule has 0 aromatic heterocycles. The second-order valence-electron chi connectivity index (χ2n) is 5.87. The number of rotatable bonds is 3. The van der Waals surface area contributed by atoms with Crippen LogP contribution in [0, 0.1) is 5.82 Å². The Labute approximate surface area is 146 Å². The number of amides is 1. The molecule has 0 saturated carbocycles. The average Bonchev–Trinajstić information content (AvgIpc) is 2.89. The molecule has 3 rings (SSSR count). The SMILES string of the molecule is O=C(c1ccc(F)cc1)N1CCCN(S(=O)(=O)c2ccccc2)CC1. The summed E-state index contributed by atoms with van der Waals surface area (Å²) < 4.78 is 39.8. The van der Waals surface area contributed by atoms with Gasteiger partial charge in [0.15, 0.2) is 0 Å². The molecular weight excluding hydrogens is 343 g/mol. The Morgan fingerprint density at radius 1 is 0.880 bits per heavy atom. The fourth-order valence-corrected chi connectivity index (χ4v) is 4.34. The van der Waals surface area contributed by atoms with Crippen molar-refractivity contribution in [2.45, 2.75) is 11.3 Å². The Morgan fingerprint density at radius 2 is 1.56 bits per heavy atom. The topological polar surface area (TPSA) is 57.7 Å². The molecule has 2 aromatic carbocycles. The van der Waals surface area contributed by atoms with Crippen molar-refractivity contribution in [1.82, 2.24) is 9.21 Å². The summed E-state index contributed by atoms with van der Waals surface area (Å²) in [7, 11) is -3.56. The van der Waals surface area contributed by atoms with Gasteiger partial charge in [-0.15, -0.1) is 0 Å². The Morgan fingerprint density at radius 3 is 2.24 bits per heavy atom. The van der Waals surface area contributed by atoms with Gasteiger partial charge in [-0.25, -0.2) is 12.8 Å². The Balaban J connectivity index is 1.72. The van der Waals surface area contributed by atoms with E-state index in [1.54, 1.807) is 35.2 Å². The zero-order chi connectivity index (χ0) is 17.9. The fraction of sp³-hybridized carbons (Fsp3) is 0.278. The number of hydrogen-bond acceptors (Lipinski definition) is 3. The van der Waals surface area contributed by atoms with Gasteiger partial charge in [0, 0.05) is 31.7 Å². The number of hydrogen-bond donors (Lipinski definition) is 0. The summed E-state index contributed by atoms with van der Waals surface area (Å²) >= 11 is 0. The lowest BCUT2D eigenvalue weighted by Crippen LogP contribution is -2.37. The standard InChI is InChI=1S/C18H19FN2O3S/c19-16-9-7-15(8-10-16)18(22)20-11-4-12-21(14-13-20)25(23,24)17-5-2-1-3-6-17/h1-3,5-10H,4,11-14H2. The number of carbonyl (C=O) groups is 1. The summed E-state index contributed by atoms with van der Waals surface area (Å²) in [5.41, 5.74) is 0.403. The van der Waals surface area contributed by atoms with E-state index in [2.05, 4.69) is 0 Å². The van der Waals surface area contributed by atoms with Crippen LogP contribution in [0.3, 0.4) is 0 Å². The number of nitrogens with zero attached hydrogens (tertiary/aromatic N) is 2. The van der Waals surface area contributed by atoms with Crippen LogP contribution in [0.4, 0.5) is 4.39 Å². The van der Waals surface area contributed by atoms with Crippen molar-refractivity contribution in [2.75, 3.05) is 26.2 Å². The van der Waals surface area contributed by atoms with Crippen molar-refractivity contribution in [1.29, 1.82) is 0 Å². The molecule has 0 aliphatic carbocycles. The predicted molar refractivity (Wildman–Crippen MR) is 92.1 cm³/mol. The highest BCUT2D eigenvalue weighted by atomic mass is 32.2. The van der Waals surface area contributed by atoms with Gasteiger partial charge in [-0.3, -0.25) is 4.79 Å². The molecule has 132 valence electrons. The first-order valence-corrected chi connectivity index (χ1v) is 9.52. The molecule has 0 bridgehead atoms. The van der Waals surface area contributed by atoms with Gasteiger partial charge in [0.25, 0.3) is 5.91 Å². The highest BCUT2D eigenvalue weighted by Gasteiger charge is 2.28. The molecule has 1 aliphatic heterocycles. The van der Waals surface area contributed by atoms with E-state index in [4.69, 9.17) is 0 Å². The Bertz CT molecular complexity index is 838. The van der Waals surface area contributed by atoms with E-state index in [0.29, 0.717) is 31.6 Å². The Kier molecular flexibility index (Phi) is 5.15. The number of sulfonamides is 1.